The van der Waals surface area contributed by atoms with Crippen LogP contribution >= 0.6 is 11.8 Å². The Labute approximate surface area is 177 Å². The number of piperidine rings is 1. The van der Waals surface area contributed by atoms with Crippen molar-refractivity contribution in [3.05, 3.63) is 23.8 Å². The van der Waals surface area contributed by atoms with Gasteiger partial charge in [-0.3, -0.25) is 14.5 Å². The standard InChI is InChI=1S/C23H31NO4S/c25-18(16-24-20(26)14-23(15-21(24)27)10-1-2-11-23)8-4-12-28-19-9-3-6-17-7-5-13-29-22(17)19/h3,6,9,18,25H,1-2,4-5,7-8,10-16H2. The minimum atomic E-state index is -0.691. The van der Waals surface area contributed by atoms with Crippen LogP contribution in [-0.4, -0.2) is 46.8 Å². The summed E-state index contributed by atoms with van der Waals surface area (Å²) in [6.07, 6.45) is 7.97. The molecule has 1 saturated carbocycles. The number of β-amino-alcohol motifs (C(OH)–C–C–N with tert-alkyl or cyclic N) is 1. The number of aryl methyl sites for hydroxylation is 1. The second kappa shape index (κ2) is 9.09. The number of likely N-dealkylation sites (tertiary alicyclic amines) is 1. The zero-order chi connectivity index (χ0) is 20.3. The number of imide groups is 1. The average Bonchev–Trinajstić information content (AvgIpc) is 3.15. The highest BCUT2D eigenvalue weighted by molar-refractivity contribution is 7.99. The van der Waals surface area contributed by atoms with E-state index in [1.165, 1.54) is 21.8 Å². The largest absolute Gasteiger partial charge is 0.492 e. The number of aliphatic hydroxyl groups excluding tert-OH is 1. The Morgan fingerprint density at radius 3 is 2.66 bits per heavy atom. The Bertz CT molecular complexity index is 739. The third-order valence-corrected chi connectivity index (χ3v) is 7.79. The first-order valence-electron chi connectivity index (χ1n) is 11.0. The van der Waals surface area contributed by atoms with Crippen LogP contribution in [0.4, 0.5) is 0 Å². The lowest BCUT2D eigenvalue weighted by molar-refractivity contribution is -0.155. The predicted octanol–water partition coefficient (Wildman–Crippen LogP) is 3.95. The molecule has 0 bridgehead atoms. The number of benzene rings is 1. The van der Waals surface area contributed by atoms with Crippen LogP contribution in [-0.2, 0) is 16.0 Å². The summed E-state index contributed by atoms with van der Waals surface area (Å²) in [6, 6.07) is 6.22. The summed E-state index contributed by atoms with van der Waals surface area (Å²) in [6.45, 7) is 0.642. The summed E-state index contributed by atoms with van der Waals surface area (Å²) in [5.74, 6) is 1.85. The molecule has 1 aliphatic carbocycles. The number of hydrogen-bond donors (Lipinski definition) is 1. The molecule has 1 atom stereocenters. The highest BCUT2D eigenvalue weighted by Gasteiger charge is 2.45. The van der Waals surface area contributed by atoms with E-state index in [1.807, 2.05) is 23.9 Å². The molecule has 2 aliphatic heterocycles. The van der Waals surface area contributed by atoms with Crippen molar-refractivity contribution in [2.24, 2.45) is 5.41 Å². The number of ether oxygens (including phenoxy) is 1. The van der Waals surface area contributed by atoms with Gasteiger partial charge in [0.05, 0.1) is 24.2 Å². The molecule has 1 N–H and O–H groups in total. The van der Waals surface area contributed by atoms with E-state index in [0.717, 1.165) is 43.6 Å². The van der Waals surface area contributed by atoms with Gasteiger partial charge in [-0.25, -0.2) is 0 Å². The molecule has 6 heteroatoms. The number of amides is 2. The number of hydrogen-bond acceptors (Lipinski definition) is 5. The van der Waals surface area contributed by atoms with Crippen molar-refractivity contribution in [3.8, 4) is 5.75 Å². The quantitative estimate of drug-likeness (QED) is 0.537. The van der Waals surface area contributed by atoms with Gasteiger partial charge in [0.15, 0.2) is 0 Å². The molecule has 0 radical (unpaired) electrons. The maximum absolute atomic E-state index is 12.5. The molecule has 1 saturated heterocycles. The maximum atomic E-state index is 12.5. The van der Waals surface area contributed by atoms with Crippen molar-refractivity contribution < 1.29 is 19.4 Å². The number of aliphatic hydroxyl groups is 1. The number of fused-ring (bicyclic) bond motifs is 1. The molecular weight excluding hydrogens is 386 g/mol. The lowest BCUT2D eigenvalue weighted by Gasteiger charge is -2.37. The van der Waals surface area contributed by atoms with Gasteiger partial charge in [0.2, 0.25) is 11.8 Å². The third kappa shape index (κ3) is 4.80. The topological polar surface area (TPSA) is 66.8 Å². The van der Waals surface area contributed by atoms with Crippen LogP contribution < -0.4 is 4.74 Å². The van der Waals surface area contributed by atoms with Crippen LogP contribution in [0.3, 0.4) is 0 Å². The van der Waals surface area contributed by atoms with Crippen molar-refractivity contribution in [1.29, 1.82) is 0 Å². The molecule has 1 aromatic rings. The SMILES string of the molecule is O=C1CC2(CCCC2)CC(=O)N1CC(O)CCCOc1cccc2c1SCCC2. The Balaban J connectivity index is 1.22. The van der Waals surface area contributed by atoms with Crippen LogP contribution in [0.1, 0.15) is 63.4 Å². The second-order valence-corrected chi connectivity index (χ2v) is 9.90. The molecule has 29 heavy (non-hydrogen) atoms. The maximum Gasteiger partial charge on any atom is 0.229 e. The zero-order valence-electron chi connectivity index (χ0n) is 17.0. The molecule has 2 fully saturated rings. The van der Waals surface area contributed by atoms with E-state index in [-0.39, 0.29) is 23.8 Å². The van der Waals surface area contributed by atoms with Crippen LogP contribution in [0.25, 0.3) is 0 Å². The lowest BCUT2D eigenvalue weighted by Crippen LogP contribution is -2.49. The molecule has 1 aromatic carbocycles. The van der Waals surface area contributed by atoms with Crippen LogP contribution in [0.5, 0.6) is 5.75 Å². The van der Waals surface area contributed by atoms with Crippen molar-refractivity contribution in [2.45, 2.75) is 75.2 Å². The highest BCUT2D eigenvalue weighted by atomic mass is 32.2. The van der Waals surface area contributed by atoms with E-state index in [1.54, 1.807) is 0 Å². The van der Waals surface area contributed by atoms with Gasteiger partial charge >= 0.3 is 0 Å². The van der Waals surface area contributed by atoms with Gasteiger partial charge in [-0.2, -0.15) is 0 Å². The summed E-state index contributed by atoms with van der Waals surface area (Å²) in [5, 5.41) is 10.4. The highest BCUT2D eigenvalue weighted by Crippen LogP contribution is 2.47. The summed E-state index contributed by atoms with van der Waals surface area (Å²) < 4.78 is 5.97. The van der Waals surface area contributed by atoms with Gasteiger partial charge < -0.3 is 9.84 Å². The van der Waals surface area contributed by atoms with Crippen LogP contribution in [0.2, 0.25) is 0 Å². The lowest BCUT2D eigenvalue weighted by atomic mass is 9.76. The van der Waals surface area contributed by atoms with E-state index >= 15 is 0 Å². The third-order valence-electron chi connectivity index (χ3n) is 6.55. The zero-order valence-corrected chi connectivity index (χ0v) is 17.8. The van der Waals surface area contributed by atoms with E-state index in [9.17, 15) is 14.7 Å². The average molecular weight is 418 g/mol. The molecular formula is C23H31NO4S. The fourth-order valence-corrected chi connectivity index (χ4v) is 6.11. The first-order valence-corrected chi connectivity index (χ1v) is 11.9. The first kappa shape index (κ1) is 20.7. The van der Waals surface area contributed by atoms with Gasteiger partial charge in [-0.15, -0.1) is 11.8 Å². The monoisotopic (exact) mass is 417 g/mol. The Morgan fingerprint density at radius 1 is 1.14 bits per heavy atom. The van der Waals surface area contributed by atoms with Crippen LogP contribution in [0.15, 0.2) is 23.1 Å². The first-order chi connectivity index (χ1) is 14.1. The van der Waals surface area contributed by atoms with E-state index < -0.39 is 6.10 Å². The molecule has 2 amide bonds. The summed E-state index contributed by atoms with van der Waals surface area (Å²) >= 11 is 1.86. The normalized spacial score (nSPS) is 22.0. The van der Waals surface area contributed by atoms with Gasteiger partial charge in [0.1, 0.15) is 5.75 Å². The fraction of sp³-hybridized carbons (Fsp3) is 0.652. The number of carbonyl (C=O) groups is 2. The molecule has 5 nitrogen and oxygen atoms in total. The van der Waals surface area contributed by atoms with Crippen molar-refractivity contribution in [1.82, 2.24) is 4.90 Å². The fourth-order valence-electron chi connectivity index (χ4n) is 4.99. The summed E-state index contributed by atoms with van der Waals surface area (Å²) in [5.41, 5.74) is 1.27. The van der Waals surface area contributed by atoms with E-state index in [0.29, 0.717) is 32.3 Å². The molecule has 1 unspecified atom stereocenters. The molecule has 0 aromatic heterocycles. The molecule has 158 valence electrons. The van der Waals surface area contributed by atoms with Crippen LogP contribution in [0, 0.1) is 5.41 Å². The van der Waals surface area contributed by atoms with E-state index in [4.69, 9.17) is 4.74 Å². The molecule has 1 spiro atoms. The minimum Gasteiger partial charge on any atom is -0.492 e. The summed E-state index contributed by atoms with van der Waals surface area (Å²) in [4.78, 5) is 27.6. The van der Waals surface area contributed by atoms with Gasteiger partial charge in [-0.05, 0) is 61.3 Å². The smallest absolute Gasteiger partial charge is 0.229 e. The predicted molar refractivity (Wildman–Crippen MR) is 113 cm³/mol. The number of carbonyl (C=O) groups excluding carboxylic acids is 2. The van der Waals surface area contributed by atoms with Gasteiger partial charge in [0, 0.05) is 12.8 Å². The molecule has 2 heterocycles. The van der Waals surface area contributed by atoms with Crippen molar-refractivity contribution in [3.63, 3.8) is 0 Å². The molecule has 4 rings (SSSR count). The van der Waals surface area contributed by atoms with Crippen molar-refractivity contribution in [2.75, 3.05) is 18.9 Å². The molecule has 3 aliphatic rings. The van der Waals surface area contributed by atoms with Crippen molar-refractivity contribution >= 4 is 23.6 Å². The number of thioether (sulfide) groups is 1. The summed E-state index contributed by atoms with van der Waals surface area (Å²) in [7, 11) is 0. The Hall–Kier alpha value is -1.53. The Kier molecular flexibility index (Phi) is 6.50. The minimum absolute atomic E-state index is 0.0870. The van der Waals surface area contributed by atoms with Gasteiger partial charge in [-0.1, -0.05) is 25.0 Å². The second-order valence-electron chi connectivity index (χ2n) is 8.80. The number of nitrogens with zero attached hydrogens (tertiary/aromatic N) is 1. The number of rotatable bonds is 7. The Morgan fingerprint density at radius 2 is 1.90 bits per heavy atom. The van der Waals surface area contributed by atoms with E-state index in [2.05, 4.69) is 6.07 Å². The van der Waals surface area contributed by atoms with Gasteiger partial charge in [0.25, 0.3) is 0 Å².